The third kappa shape index (κ3) is 2.21. The Labute approximate surface area is 127 Å². The van der Waals surface area contributed by atoms with Crippen molar-refractivity contribution >= 4 is 17.3 Å². The van der Waals surface area contributed by atoms with Crippen molar-refractivity contribution in [2.45, 2.75) is 6.42 Å². The van der Waals surface area contributed by atoms with Gasteiger partial charge in [-0.15, -0.1) is 0 Å². The Morgan fingerprint density at radius 1 is 1.23 bits per heavy atom. The molecular formula is C16H16N4O2. The van der Waals surface area contributed by atoms with Crippen molar-refractivity contribution in [1.82, 2.24) is 14.9 Å². The van der Waals surface area contributed by atoms with E-state index in [1.807, 2.05) is 18.2 Å². The van der Waals surface area contributed by atoms with Gasteiger partial charge >= 0.3 is 0 Å². The van der Waals surface area contributed by atoms with Crippen LogP contribution in [0.1, 0.15) is 21.7 Å². The third-order valence-corrected chi connectivity index (χ3v) is 4.03. The van der Waals surface area contributed by atoms with E-state index >= 15 is 0 Å². The first-order valence-electron chi connectivity index (χ1n) is 7.39. The molecule has 2 aliphatic heterocycles. The standard InChI is InChI=1S/C16H16N4O2/c21-16(20-5-7-22-8-6-20)15-14(17-10-18-15)13-9-11-3-1-2-4-12(11)19-13/h1-4,10H,5-9H2,(H,17,18). The number of imidazole rings is 1. The summed E-state index contributed by atoms with van der Waals surface area (Å²) in [4.78, 5) is 26.4. The molecule has 1 saturated heterocycles. The van der Waals surface area contributed by atoms with Gasteiger partial charge in [0.25, 0.3) is 5.91 Å². The van der Waals surface area contributed by atoms with E-state index in [1.165, 1.54) is 5.56 Å². The fourth-order valence-corrected chi connectivity index (χ4v) is 2.87. The highest BCUT2D eigenvalue weighted by Gasteiger charge is 2.27. The van der Waals surface area contributed by atoms with Gasteiger partial charge in [0.15, 0.2) is 0 Å². The highest BCUT2D eigenvalue weighted by atomic mass is 16.5. The molecule has 6 nitrogen and oxygen atoms in total. The molecule has 1 amide bonds. The maximum atomic E-state index is 12.7. The van der Waals surface area contributed by atoms with Gasteiger partial charge in [-0.3, -0.25) is 9.79 Å². The second-order valence-corrected chi connectivity index (χ2v) is 5.39. The summed E-state index contributed by atoms with van der Waals surface area (Å²) >= 11 is 0. The molecule has 4 rings (SSSR count). The Morgan fingerprint density at radius 3 is 2.86 bits per heavy atom. The Bertz CT molecular complexity index is 744. The van der Waals surface area contributed by atoms with E-state index in [1.54, 1.807) is 11.2 Å². The Hall–Kier alpha value is -2.47. The average molecular weight is 296 g/mol. The summed E-state index contributed by atoms with van der Waals surface area (Å²) in [6.45, 7) is 2.40. The van der Waals surface area contributed by atoms with E-state index in [4.69, 9.17) is 4.74 Å². The van der Waals surface area contributed by atoms with Gasteiger partial charge in [-0.1, -0.05) is 18.2 Å². The molecule has 0 spiro atoms. The molecule has 1 fully saturated rings. The van der Waals surface area contributed by atoms with Crippen LogP contribution in [0.5, 0.6) is 0 Å². The lowest BCUT2D eigenvalue weighted by Gasteiger charge is -2.26. The third-order valence-electron chi connectivity index (χ3n) is 4.03. The molecule has 2 aliphatic rings. The maximum absolute atomic E-state index is 12.7. The van der Waals surface area contributed by atoms with Crippen LogP contribution in [0.25, 0.3) is 0 Å². The Kier molecular flexibility index (Phi) is 3.23. The monoisotopic (exact) mass is 296 g/mol. The zero-order chi connectivity index (χ0) is 14.9. The number of ether oxygens (including phenoxy) is 1. The summed E-state index contributed by atoms with van der Waals surface area (Å²) < 4.78 is 5.30. The molecule has 1 aromatic carbocycles. The zero-order valence-corrected chi connectivity index (χ0v) is 12.1. The number of para-hydroxylation sites is 1. The van der Waals surface area contributed by atoms with Gasteiger partial charge in [0.05, 0.1) is 30.9 Å². The summed E-state index contributed by atoms with van der Waals surface area (Å²) in [5.74, 6) is -0.0329. The van der Waals surface area contributed by atoms with Crippen molar-refractivity contribution in [1.29, 1.82) is 0 Å². The van der Waals surface area contributed by atoms with Crippen LogP contribution < -0.4 is 0 Å². The number of nitrogens with zero attached hydrogens (tertiary/aromatic N) is 3. The number of aromatic nitrogens is 2. The van der Waals surface area contributed by atoms with Crippen molar-refractivity contribution in [2.75, 3.05) is 26.3 Å². The number of aromatic amines is 1. The molecule has 2 aromatic rings. The first-order valence-corrected chi connectivity index (χ1v) is 7.39. The van der Waals surface area contributed by atoms with Crippen LogP contribution in [0.3, 0.4) is 0 Å². The van der Waals surface area contributed by atoms with Gasteiger partial charge < -0.3 is 14.6 Å². The number of morpholine rings is 1. The lowest BCUT2D eigenvalue weighted by molar-refractivity contribution is 0.0299. The lowest BCUT2D eigenvalue weighted by atomic mass is 10.1. The van der Waals surface area contributed by atoms with Crippen LogP contribution in [0, 0.1) is 0 Å². The smallest absolute Gasteiger partial charge is 0.272 e. The molecule has 3 heterocycles. The summed E-state index contributed by atoms with van der Waals surface area (Å²) in [5.41, 5.74) is 4.16. The maximum Gasteiger partial charge on any atom is 0.272 e. The summed E-state index contributed by atoms with van der Waals surface area (Å²) in [6.07, 6.45) is 2.28. The van der Waals surface area contributed by atoms with Crippen LogP contribution in [0.15, 0.2) is 35.6 Å². The molecule has 6 heteroatoms. The summed E-state index contributed by atoms with van der Waals surface area (Å²) in [7, 11) is 0. The predicted octanol–water partition coefficient (Wildman–Crippen LogP) is 1.56. The van der Waals surface area contributed by atoms with Gasteiger partial charge in [-0.2, -0.15) is 0 Å². The minimum Gasteiger partial charge on any atom is -0.378 e. The molecule has 0 unspecified atom stereocenters. The van der Waals surface area contributed by atoms with Gasteiger partial charge in [-0.25, -0.2) is 4.98 Å². The molecule has 0 aliphatic carbocycles. The van der Waals surface area contributed by atoms with E-state index in [2.05, 4.69) is 21.0 Å². The van der Waals surface area contributed by atoms with Crippen molar-refractivity contribution in [3.05, 3.63) is 47.5 Å². The molecule has 0 saturated carbocycles. The first kappa shape index (κ1) is 13.2. The van der Waals surface area contributed by atoms with E-state index < -0.39 is 0 Å². The van der Waals surface area contributed by atoms with Gasteiger partial charge in [0.1, 0.15) is 11.4 Å². The van der Waals surface area contributed by atoms with Crippen molar-refractivity contribution in [3.8, 4) is 0 Å². The highest BCUT2D eigenvalue weighted by Crippen LogP contribution is 2.28. The molecule has 112 valence electrons. The number of amides is 1. The number of aliphatic imine (C=N–C) groups is 1. The predicted molar refractivity (Wildman–Crippen MR) is 81.7 cm³/mol. The van der Waals surface area contributed by atoms with Crippen molar-refractivity contribution < 1.29 is 9.53 Å². The molecule has 1 N–H and O–H groups in total. The Morgan fingerprint density at radius 2 is 2.05 bits per heavy atom. The van der Waals surface area contributed by atoms with Crippen molar-refractivity contribution in [3.63, 3.8) is 0 Å². The number of nitrogens with one attached hydrogen (secondary N) is 1. The van der Waals surface area contributed by atoms with E-state index in [9.17, 15) is 4.79 Å². The minimum absolute atomic E-state index is 0.0329. The van der Waals surface area contributed by atoms with Crippen LogP contribution >= 0.6 is 0 Å². The van der Waals surface area contributed by atoms with Crippen LogP contribution in [-0.2, 0) is 11.2 Å². The lowest BCUT2D eigenvalue weighted by Crippen LogP contribution is -2.41. The van der Waals surface area contributed by atoms with Crippen LogP contribution in [0.4, 0.5) is 5.69 Å². The Balaban J connectivity index is 1.63. The molecule has 1 aromatic heterocycles. The largest absolute Gasteiger partial charge is 0.378 e. The normalized spacial score (nSPS) is 17.3. The molecular weight excluding hydrogens is 280 g/mol. The number of benzene rings is 1. The number of H-pyrrole nitrogens is 1. The van der Waals surface area contributed by atoms with Gasteiger partial charge in [0, 0.05) is 19.5 Å². The van der Waals surface area contributed by atoms with Gasteiger partial charge in [-0.05, 0) is 11.6 Å². The second-order valence-electron chi connectivity index (χ2n) is 5.39. The van der Waals surface area contributed by atoms with Crippen LogP contribution in [0.2, 0.25) is 0 Å². The van der Waals surface area contributed by atoms with Crippen molar-refractivity contribution in [2.24, 2.45) is 4.99 Å². The number of carbonyl (C=O) groups is 1. The van der Waals surface area contributed by atoms with E-state index in [-0.39, 0.29) is 5.91 Å². The minimum atomic E-state index is -0.0329. The second kappa shape index (κ2) is 5.38. The molecule has 0 radical (unpaired) electrons. The SMILES string of the molecule is O=C(c1[nH]cnc1C1=Nc2ccccc2C1)N1CCOCC1. The number of fused-ring (bicyclic) bond motifs is 1. The molecule has 22 heavy (non-hydrogen) atoms. The number of rotatable bonds is 2. The van der Waals surface area contributed by atoms with Gasteiger partial charge in [0.2, 0.25) is 0 Å². The fourth-order valence-electron chi connectivity index (χ4n) is 2.87. The van der Waals surface area contributed by atoms with E-state index in [0.29, 0.717) is 44.1 Å². The average Bonchev–Trinajstić information content (AvgIpc) is 3.21. The first-order chi connectivity index (χ1) is 10.8. The molecule has 0 bridgehead atoms. The zero-order valence-electron chi connectivity index (χ0n) is 12.1. The summed E-state index contributed by atoms with van der Waals surface area (Å²) in [5, 5.41) is 0. The molecule has 0 atom stereocenters. The number of carbonyl (C=O) groups excluding carboxylic acids is 1. The topological polar surface area (TPSA) is 70.6 Å². The van der Waals surface area contributed by atoms with E-state index in [0.717, 1.165) is 11.4 Å². The fraction of sp³-hybridized carbons (Fsp3) is 0.312. The summed E-state index contributed by atoms with van der Waals surface area (Å²) in [6, 6.07) is 8.01. The quantitative estimate of drug-likeness (QED) is 0.914. The van der Waals surface area contributed by atoms with Crippen LogP contribution in [-0.4, -0.2) is 52.8 Å². The number of hydrogen-bond donors (Lipinski definition) is 1. The number of hydrogen-bond acceptors (Lipinski definition) is 4. The highest BCUT2D eigenvalue weighted by molar-refractivity contribution is 6.11.